The fourth-order valence-corrected chi connectivity index (χ4v) is 4.65. The Kier molecular flexibility index (Phi) is 5.12. The number of halogens is 4. The highest BCUT2D eigenvalue weighted by molar-refractivity contribution is 9.10. The van der Waals surface area contributed by atoms with E-state index in [9.17, 15) is 13.6 Å². The molecule has 1 aliphatic heterocycles. The number of carbonyl (C=O) groups excluding carboxylic acids is 1. The summed E-state index contributed by atoms with van der Waals surface area (Å²) in [4.78, 5) is 18.9. The molecule has 3 aromatic rings. The van der Waals surface area contributed by atoms with Crippen molar-refractivity contribution in [2.45, 2.75) is 25.9 Å². The van der Waals surface area contributed by atoms with Gasteiger partial charge in [-0.1, -0.05) is 23.7 Å². The molecule has 0 saturated carbocycles. The molecule has 1 unspecified atom stereocenters. The molecule has 0 saturated heterocycles. The molecule has 0 N–H and O–H groups in total. The Morgan fingerprint density at radius 1 is 1.27 bits per heavy atom. The van der Waals surface area contributed by atoms with Gasteiger partial charge in [0.1, 0.15) is 17.9 Å². The molecule has 1 amide bonds. The van der Waals surface area contributed by atoms with Gasteiger partial charge in [0, 0.05) is 6.04 Å². The van der Waals surface area contributed by atoms with Gasteiger partial charge >= 0.3 is 0 Å². The standard InChI is InChI=1S/C21H14BrClF2N4O/c1-10(2)28-19-17(27-21(28)22)20(30)29(15-5-3-4-13(23)16(15)25)18(19)11-6-7-12(9-26)14(24)8-11/h3-8,10,18H,1-2H3. The van der Waals surface area contributed by atoms with Crippen LogP contribution in [0.5, 0.6) is 0 Å². The predicted molar refractivity (Wildman–Crippen MR) is 111 cm³/mol. The van der Waals surface area contributed by atoms with Crippen LogP contribution in [-0.2, 0) is 0 Å². The number of amides is 1. The van der Waals surface area contributed by atoms with Gasteiger partial charge in [-0.2, -0.15) is 5.26 Å². The van der Waals surface area contributed by atoms with Crippen LogP contribution in [0.15, 0.2) is 41.1 Å². The van der Waals surface area contributed by atoms with Crippen molar-refractivity contribution in [3.05, 3.63) is 80.3 Å². The van der Waals surface area contributed by atoms with Crippen molar-refractivity contribution < 1.29 is 13.6 Å². The number of fused-ring (bicyclic) bond motifs is 1. The molecule has 0 aliphatic carbocycles. The van der Waals surface area contributed by atoms with Crippen LogP contribution < -0.4 is 4.90 Å². The zero-order valence-corrected chi connectivity index (χ0v) is 18.2. The first-order chi connectivity index (χ1) is 14.3. The molecule has 5 nitrogen and oxygen atoms in total. The minimum atomic E-state index is -0.857. The van der Waals surface area contributed by atoms with Crippen molar-refractivity contribution in [1.29, 1.82) is 5.26 Å². The number of nitriles is 1. The molecule has 2 aromatic carbocycles. The molecule has 9 heteroatoms. The Labute approximate surface area is 184 Å². The summed E-state index contributed by atoms with van der Waals surface area (Å²) in [7, 11) is 0. The van der Waals surface area contributed by atoms with Gasteiger partial charge in [-0.15, -0.1) is 0 Å². The second-order valence-electron chi connectivity index (χ2n) is 7.08. The predicted octanol–water partition coefficient (Wildman–Crippen LogP) is 5.78. The molecule has 0 spiro atoms. The maximum absolute atomic E-state index is 14.9. The summed E-state index contributed by atoms with van der Waals surface area (Å²) in [6.07, 6.45) is 0. The summed E-state index contributed by atoms with van der Waals surface area (Å²) in [6.45, 7) is 3.83. The van der Waals surface area contributed by atoms with Gasteiger partial charge in [0.15, 0.2) is 16.2 Å². The summed E-state index contributed by atoms with van der Waals surface area (Å²) in [5.41, 5.74) is 0.872. The quantitative estimate of drug-likeness (QED) is 0.467. The lowest BCUT2D eigenvalue weighted by molar-refractivity contribution is 0.0988. The maximum Gasteiger partial charge on any atom is 0.279 e. The first-order valence-corrected chi connectivity index (χ1v) is 10.2. The van der Waals surface area contributed by atoms with Crippen LogP contribution in [0.3, 0.4) is 0 Å². The van der Waals surface area contributed by atoms with E-state index in [4.69, 9.17) is 16.9 Å². The van der Waals surface area contributed by atoms with Gasteiger partial charge < -0.3 is 4.57 Å². The molecule has 30 heavy (non-hydrogen) atoms. The van der Waals surface area contributed by atoms with E-state index in [0.717, 1.165) is 0 Å². The lowest BCUT2D eigenvalue weighted by Crippen LogP contribution is -2.31. The van der Waals surface area contributed by atoms with Crippen LogP contribution in [-0.4, -0.2) is 15.5 Å². The second-order valence-corrected chi connectivity index (χ2v) is 8.20. The van der Waals surface area contributed by atoms with E-state index in [-0.39, 0.29) is 28.0 Å². The maximum atomic E-state index is 14.9. The normalized spacial score (nSPS) is 15.6. The smallest absolute Gasteiger partial charge is 0.279 e. The van der Waals surface area contributed by atoms with Gasteiger partial charge in [-0.25, -0.2) is 13.8 Å². The fraction of sp³-hybridized carbons (Fsp3) is 0.190. The summed E-state index contributed by atoms with van der Waals surface area (Å²) < 4.78 is 31.6. The Bertz CT molecular complexity index is 1230. The van der Waals surface area contributed by atoms with Crippen LogP contribution in [0.4, 0.5) is 14.5 Å². The average molecular weight is 492 g/mol. The van der Waals surface area contributed by atoms with Gasteiger partial charge in [0.05, 0.1) is 22.0 Å². The highest BCUT2D eigenvalue weighted by Gasteiger charge is 2.45. The zero-order valence-electron chi connectivity index (χ0n) is 15.8. The largest absolute Gasteiger partial charge is 0.317 e. The molecule has 0 bridgehead atoms. The molecular weight excluding hydrogens is 478 g/mol. The van der Waals surface area contributed by atoms with E-state index in [1.54, 1.807) is 16.7 Å². The molecule has 4 rings (SSSR count). The van der Waals surface area contributed by atoms with E-state index in [1.807, 2.05) is 13.8 Å². The monoisotopic (exact) mass is 490 g/mol. The van der Waals surface area contributed by atoms with Crippen molar-refractivity contribution in [2.75, 3.05) is 4.90 Å². The van der Waals surface area contributed by atoms with Crippen LogP contribution in [0.2, 0.25) is 5.02 Å². The van der Waals surface area contributed by atoms with Crippen molar-refractivity contribution in [2.24, 2.45) is 0 Å². The molecule has 1 atom stereocenters. The molecule has 2 heterocycles. The van der Waals surface area contributed by atoms with Crippen molar-refractivity contribution >= 4 is 39.1 Å². The molecule has 0 radical (unpaired) electrons. The second kappa shape index (κ2) is 7.49. The molecular formula is C21H14BrClF2N4O. The molecule has 1 aliphatic rings. The van der Waals surface area contributed by atoms with Crippen molar-refractivity contribution in [1.82, 2.24) is 9.55 Å². The summed E-state index contributed by atoms with van der Waals surface area (Å²) in [5, 5.41) is 8.92. The molecule has 0 fully saturated rings. The van der Waals surface area contributed by atoms with Crippen molar-refractivity contribution in [3.63, 3.8) is 0 Å². The van der Waals surface area contributed by atoms with Gasteiger partial charge in [-0.3, -0.25) is 9.69 Å². The van der Waals surface area contributed by atoms with E-state index < -0.39 is 23.6 Å². The highest BCUT2D eigenvalue weighted by Crippen LogP contribution is 2.45. The van der Waals surface area contributed by atoms with E-state index in [2.05, 4.69) is 20.9 Å². The van der Waals surface area contributed by atoms with E-state index in [1.165, 1.54) is 35.2 Å². The van der Waals surface area contributed by atoms with Crippen LogP contribution in [0.1, 0.15) is 53.2 Å². The first kappa shape index (κ1) is 20.5. The van der Waals surface area contributed by atoms with Gasteiger partial charge in [-0.05, 0) is 59.6 Å². The van der Waals surface area contributed by atoms with Crippen LogP contribution in [0, 0.1) is 23.0 Å². The highest BCUT2D eigenvalue weighted by atomic mass is 79.9. The Morgan fingerprint density at radius 2 is 2.00 bits per heavy atom. The number of carbonyl (C=O) groups is 1. The van der Waals surface area contributed by atoms with E-state index >= 15 is 0 Å². The first-order valence-electron chi connectivity index (χ1n) is 9.01. The number of aromatic nitrogens is 2. The fourth-order valence-electron chi connectivity index (χ4n) is 3.71. The van der Waals surface area contributed by atoms with Crippen molar-refractivity contribution in [3.8, 4) is 6.07 Å². The van der Waals surface area contributed by atoms with Crippen LogP contribution >= 0.6 is 27.5 Å². The zero-order chi connectivity index (χ0) is 21.7. The third-order valence-electron chi connectivity index (χ3n) is 4.98. The topological polar surface area (TPSA) is 61.9 Å². The number of hydrogen-bond donors (Lipinski definition) is 0. The number of anilines is 1. The molecule has 152 valence electrons. The SMILES string of the molecule is CC(C)n1c(Br)nc2c1C(c1ccc(C#N)c(F)c1)N(c1cccc(Cl)c1F)C2=O. The number of hydrogen-bond acceptors (Lipinski definition) is 3. The lowest BCUT2D eigenvalue weighted by Gasteiger charge is -2.28. The Hall–Kier alpha value is -2.76. The summed E-state index contributed by atoms with van der Waals surface area (Å²) in [6, 6.07) is 9.27. The third-order valence-corrected chi connectivity index (χ3v) is 5.83. The molecule has 1 aromatic heterocycles. The lowest BCUT2D eigenvalue weighted by atomic mass is 10.0. The number of rotatable bonds is 3. The summed E-state index contributed by atoms with van der Waals surface area (Å²) in [5.74, 6) is -2.01. The number of imidazole rings is 1. The summed E-state index contributed by atoms with van der Waals surface area (Å²) >= 11 is 9.33. The van der Waals surface area contributed by atoms with Gasteiger partial charge in [0.25, 0.3) is 5.91 Å². The van der Waals surface area contributed by atoms with E-state index in [0.29, 0.717) is 16.0 Å². The minimum absolute atomic E-state index is 0.0355. The average Bonchev–Trinajstić information content (AvgIpc) is 3.17. The minimum Gasteiger partial charge on any atom is -0.317 e. The number of nitrogens with zero attached hydrogens (tertiary/aromatic N) is 4. The van der Waals surface area contributed by atoms with Crippen LogP contribution in [0.25, 0.3) is 0 Å². The number of benzene rings is 2. The Morgan fingerprint density at radius 3 is 2.63 bits per heavy atom. The third kappa shape index (κ3) is 3.01. The Balaban J connectivity index is 2.01. The van der Waals surface area contributed by atoms with Gasteiger partial charge in [0.2, 0.25) is 0 Å².